The molecule has 5 nitrogen and oxygen atoms in total. The molecule has 0 radical (unpaired) electrons. The van der Waals surface area contributed by atoms with E-state index >= 15 is 0 Å². The molecular weight excluding hydrogens is 585 g/mol. The van der Waals surface area contributed by atoms with E-state index in [-0.39, 0.29) is 0 Å². The van der Waals surface area contributed by atoms with Crippen LogP contribution in [0.15, 0.2) is 150 Å². The van der Waals surface area contributed by atoms with E-state index in [0.29, 0.717) is 17.5 Å². The molecule has 6 heteroatoms. The fourth-order valence-corrected chi connectivity index (χ4v) is 6.91. The lowest BCUT2D eigenvalue weighted by atomic mass is 10.0. The topological polar surface area (TPSA) is 64.7 Å². The highest BCUT2D eigenvalue weighted by atomic mass is 32.1. The Bertz CT molecular complexity index is 2470. The Morgan fingerprint density at radius 2 is 0.935 bits per heavy atom. The summed E-state index contributed by atoms with van der Waals surface area (Å²) in [6.45, 7) is 0. The van der Waals surface area contributed by atoms with Crippen LogP contribution in [0.25, 0.3) is 88.0 Å². The maximum Gasteiger partial charge on any atom is 0.164 e. The van der Waals surface area contributed by atoms with Crippen LogP contribution in [0, 0.1) is 0 Å². The number of furan rings is 1. The second-order valence-electron chi connectivity index (χ2n) is 11.1. The molecule has 0 saturated heterocycles. The highest BCUT2D eigenvalue weighted by Gasteiger charge is 2.16. The first-order valence-electron chi connectivity index (χ1n) is 15.1. The highest BCUT2D eigenvalue weighted by Crippen LogP contribution is 2.39. The third kappa shape index (κ3) is 4.64. The summed E-state index contributed by atoms with van der Waals surface area (Å²) in [6.07, 6.45) is 0. The fraction of sp³-hybridized carbons (Fsp3) is 0. The summed E-state index contributed by atoms with van der Waals surface area (Å²) in [5.74, 6) is 1.86. The summed E-state index contributed by atoms with van der Waals surface area (Å²) in [5, 5.41) is 3.13. The van der Waals surface area contributed by atoms with E-state index in [2.05, 4.69) is 72.8 Å². The molecule has 0 bridgehead atoms. The van der Waals surface area contributed by atoms with Gasteiger partial charge in [-0.2, -0.15) is 0 Å². The maximum absolute atomic E-state index is 6.50. The van der Waals surface area contributed by atoms with E-state index in [9.17, 15) is 0 Å². The quantitative estimate of drug-likeness (QED) is 0.194. The predicted molar refractivity (Wildman–Crippen MR) is 187 cm³/mol. The molecule has 0 saturated carbocycles. The fourth-order valence-electron chi connectivity index (χ4n) is 5.91. The van der Waals surface area contributed by atoms with E-state index in [1.165, 1.54) is 0 Å². The van der Waals surface area contributed by atoms with Crippen molar-refractivity contribution in [2.75, 3.05) is 0 Å². The maximum atomic E-state index is 6.50. The molecule has 46 heavy (non-hydrogen) atoms. The van der Waals surface area contributed by atoms with Crippen molar-refractivity contribution in [1.82, 2.24) is 19.9 Å². The van der Waals surface area contributed by atoms with Crippen LogP contribution in [0.1, 0.15) is 0 Å². The number of hydrogen-bond acceptors (Lipinski definition) is 6. The summed E-state index contributed by atoms with van der Waals surface area (Å²) in [5.41, 5.74) is 8.63. The zero-order chi connectivity index (χ0) is 30.5. The molecule has 0 unspecified atom stereocenters. The largest absolute Gasteiger partial charge is 0.456 e. The zero-order valence-electron chi connectivity index (χ0n) is 24.5. The van der Waals surface area contributed by atoms with Gasteiger partial charge in [0.25, 0.3) is 0 Å². The molecule has 216 valence electrons. The molecule has 3 heterocycles. The van der Waals surface area contributed by atoms with Crippen molar-refractivity contribution in [2.24, 2.45) is 0 Å². The number of benzene rings is 6. The predicted octanol–water partition coefficient (Wildman–Crippen LogP) is 10.7. The first kappa shape index (κ1) is 26.4. The Kier molecular flexibility index (Phi) is 6.25. The van der Waals surface area contributed by atoms with Gasteiger partial charge in [-0.3, -0.25) is 0 Å². The van der Waals surface area contributed by atoms with Gasteiger partial charge in [0.2, 0.25) is 0 Å². The number of rotatable bonds is 5. The minimum absolute atomic E-state index is 0.597. The van der Waals surface area contributed by atoms with Crippen LogP contribution >= 0.6 is 11.3 Å². The minimum Gasteiger partial charge on any atom is -0.456 e. The summed E-state index contributed by atoms with van der Waals surface area (Å²) in [7, 11) is 0. The number of aromatic nitrogens is 4. The highest BCUT2D eigenvalue weighted by molar-refractivity contribution is 7.21. The molecule has 9 aromatic rings. The molecular formula is C40H24N4OS. The Hall–Kier alpha value is -5.98. The molecule has 0 atom stereocenters. The van der Waals surface area contributed by atoms with Crippen LogP contribution in [0.4, 0.5) is 0 Å². The van der Waals surface area contributed by atoms with Crippen molar-refractivity contribution in [3.63, 3.8) is 0 Å². The minimum atomic E-state index is 0.597. The van der Waals surface area contributed by atoms with Crippen molar-refractivity contribution in [3.8, 4) is 55.9 Å². The van der Waals surface area contributed by atoms with Crippen molar-refractivity contribution in [1.29, 1.82) is 0 Å². The number of hydrogen-bond donors (Lipinski definition) is 0. The average molecular weight is 609 g/mol. The van der Waals surface area contributed by atoms with E-state index in [4.69, 9.17) is 24.4 Å². The van der Waals surface area contributed by atoms with Gasteiger partial charge in [-0.25, -0.2) is 19.9 Å². The monoisotopic (exact) mass is 608 g/mol. The van der Waals surface area contributed by atoms with Crippen molar-refractivity contribution in [3.05, 3.63) is 146 Å². The van der Waals surface area contributed by atoms with E-state index in [1.807, 2.05) is 72.8 Å². The summed E-state index contributed by atoms with van der Waals surface area (Å²) in [4.78, 5) is 19.7. The first-order chi connectivity index (χ1) is 22.8. The van der Waals surface area contributed by atoms with Crippen molar-refractivity contribution < 1.29 is 4.42 Å². The van der Waals surface area contributed by atoms with Crippen LogP contribution in [0.5, 0.6) is 0 Å². The molecule has 0 aliphatic heterocycles. The van der Waals surface area contributed by atoms with Gasteiger partial charge in [0, 0.05) is 38.6 Å². The lowest BCUT2D eigenvalue weighted by Crippen LogP contribution is -2.00. The molecule has 0 fully saturated rings. The van der Waals surface area contributed by atoms with Gasteiger partial charge in [0.1, 0.15) is 16.2 Å². The van der Waals surface area contributed by atoms with Crippen LogP contribution in [0.2, 0.25) is 0 Å². The van der Waals surface area contributed by atoms with Crippen LogP contribution in [-0.4, -0.2) is 19.9 Å². The second-order valence-corrected chi connectivity index (χ2v) is 12.1. The zero-order valence-corrected chi connectivity index (χ0v) is 25.3. The molecule has 0 N–H and O–H groups in total. The van der Waals surface area contributed by atoms with E-state index in [0.717, 1.165) is 70.5 Å². The van der Waals surface area contributed by atoms with Gasteiger partial charge in [-0.05, 0) is 35.9 Å². The SMILES string of the molecule is c1ccc(-c2nc(-c3ccccc3)nc(-c3ccc4c(c3)oc3cc(-c5cccc6sc(-c7ccccc7)nc56)ccc34)n2)cc1. The Morgan fingerprint density at radius 1 is 0.413 bits per heavy atom. The number of fused-ring (bicyclic) bond motifs is 4. The summed E-state index contributed by atoms with van der Waals surface area (Å²) >= 11 is 1.71. The van der Waals surface area contributed by atoms with Gasteiger partial charge in [-0.15, -0.1) is 11.3 Å². The van der Waals surface area contributed by atoms with Crippen LogP contribution < -0.4 is 0 Å². The number of para-hydroxylation sites is 1. The number of nitrogens with zero attached hydrogens (tertiary/aromatic N) is 4. The Morgan fingerprint density at radius 3 is 1.54 bits per heavy atom. The second kappa shape index (κ2) is 10.9. The van der Waals surface area contributed by atoms with Crippen molar-refractivity contribution >= 4 is 43.5 Å². The van der Waals surface area contributed by atoms with Crippen LogP contribution in [0.3, 0.4) is 0 Å². The Labute approximate surface area is 268 Å². The molecule has 0 amide bonds. The average Bonchev–Trinajstić information content (AvgIpc) is 3.74. The lowest BCUT2D eigenvalue weighted by Gasteiger charge is -2.08. The van der Waals surface area contributed by atoms with Gasteiger partial charge < -0.3 is 4.42 Å². The lowest BCUT2D eigenvalue weighted by molar-refractivity contribution is 0.669. The van der Waals surface area contributed by atoms with Crippen molar-refractivity contribution in [2.45, 2.75) is 0 Å². The van der Waals surface area contributed by atoms with Gasteiger partial charge in [-0.1, -0.05) is 115 Å². The number of thiazole rings is 1. The summed E-state index contributed by atoms with van der Waals surface area (Å²) < 4.78 is 7.66. The molecule has 6 aromatic carbocycles. The molecule has 0 aliphatic carbocycles. The standard InChI is InChI=1S/C40H24N4OS/c1-4-11-25(12-5-1)37-42-38(26-13-6-2-7-14-26)44-39(43-37)29-20-22-32-31-21-19-28(23-33(31)45-34(32)24-29)30-17-10-18-35-36(30)41-40(46-35)27-15-8-3-9-16-27/h1-24H. The summed E-state index contributed by atoms with van der Waals surface area (Å²) in [6, 6.07) is 49.3. The smallest absolute Gasteiger partial charge is 0.164 e. The third-order valence-electron chi connectivity index (χ3n) is 8.18. The molecule has 0 aliphatic rings. The normalized spacial score (nSPS) is 11.5. The van der Waals surface area contributed by atoms with E-state index in [1.54, 1.807) is 11.3 Å². The van der Waals surface area contributed by atoms with E-state index < -0.39 is 0 Å². The van der Waals surface area contributed by atoms with Gasteiger partial charge in [0.05, 0.1) is 10.2 Å². The molecule has 9 rings (SSSR count). The van der Waals surface area contributed by atoms with Gasteiger partial charge >= 0.3 is 0 Å². The Balaban J connectivity index is 1.14. The van der Waals surface area contributed by atoms with Crippen LogP contribution in [-0.2, 0) is 0 Å². The molecule has 0 spiro atoms. The van der Waals surface area contributed by atoms with Gasteiger partial charge in [0.15, 0.2) is 17.5 Å². The third-order valence-corrected chi connectivity index (χ3v) is 9.25. The first-order valence-corrected chi connectivity index (χ1v) is 15.9. The molecule has 3 aromatic heterocycles.